The molecule has 0 aromatic rings. The van der Waals surface area contributed by atoms with E-state index in [4.69, 9.17) is 0 Å². The van der Waals surface area contributed by atoms with Crippen molar-refractivity contribution in [3.8, 4) is 0 Å². The van der Waals surface area contributed by atoms with Crippen LogP contribution in [-0.4, -0.2) is 62.3 Å². The third kappa shape index (κ3) is 4.07. The first kappa shape index (κ1) is 13.5. The molecule has 0 aromatic carbocycles. The first-order valence-electron chi connectivity index (χ1n) is 7.05. The Morgan fingerprint density at radius 1 is 1.17 bits per heavy atom. The van der Waals surface area contributed by atoms with Crippen LogP contribution in [0.25, 0.3) is 0 Å². The monoisotopic (exact) mass is 247 g/mol. The molecule has 1 fully saturated rings. The summed E-state index contributed by atoms with van der Waals surface area (Å²) < 4.78 is 0. The largest absolute Gasteiger partial charge is 0.304 e. The Morgan fingerprint density at radius 2 is 1.94 bits per heavy atom. The van der Waals surface area contributed by atoms with Gasteiger partial charge in [-0.15, -0.1) is 0 Å². The summed E-state index contributed by atoms with van der Waals surface area (Å²) in [6.45, 7) is 8.92. The van der Waals surface area contributed by atoms with E-state index in [1.165, 1.54) is 37.3 Å². The van der Waals surface area contributed by atoms with E-state index in [-0.39, 0.29) is 0 Å². The molecule has 100 valence electrons. The molecular formula is C15H25N3. The predicted molar refractivity (Wildman–Crippen MR) is 78.4 cm³/mol. The molecule has 0 radical (unpaired) electrons. The Bertz CT molecular complexity index is 347. The van der Waals surface area contributed by atoms with E-state index in [0.717, 1.165) is 25.9 Å². The van der Waals surface area contributed by atoms with Crippen molar-refractivity contribution in [3.63, 3.8) is 0 Å². The number of hydrogen-bond acceptors (Lipinski definition) is 3. The maximum absolute atomic E-state index is 4.55. The van der Waals surface area contributed by atoms with Crippen LogP contribution in [0.2, 0.25) is 0 Å². The van der Waals surface area contributed by atoms with E-state index in [1.807, 2.05) is 0 Å². The molecule has 0 aromatic heterocycles. The summed E-state index contributed by atoms with van der Waals surface area (Å²) in [7, 11) is 2.20. The predicted octanol–water partition coefficient (Wildman–Crippen LogP) is 1.97. The highest BCUT2D eigenvalue weighted by Crippen LogP contribution is 2.10. The highest BCUT2D eigenvalue weighted by molar-refractivity contribution is 5.78. The van der Waals surface area contributed by atoms with E-state index in [0.29, 0.717) is 0 Å². The fourth-order valence-corrected chi connectivity index (χ4v) is 2.42. The maximum Gasteiger partial charge on any atom is 0.0612 e. The van der Waals surface area contributed by atoms with E-state index in [2.05, 4.69) is 47.1 Å². The molecular weight excluding hydrogens is 222 g/mol. The summed E-state index contributed by atoms with van der Waals surface area (Å²) in [4.78, 5) is 9.50. The number of nitrogens with zero attached hydrogens (tertiary/aromatic N) is 3. The topological polar surface area (TPSA) is 18.8 Å². The van der Waals surface area contributed by atoms with Gasteiger partial charge >= 0.3 is 0 Å². The van der Waals surface area contributed by atoms with Crippen molar-refractivity contribution in [1.82, 2.24) is 9.80 Å². The maximum atomic E-state index is 4.55. The van der Waals surface area contributed by atoms with Gasteiger partial charge in [0.25, 0.3) is 0 Å². The molecule has 0 amide bonds. The van der Waals surface area contributed by atoms with Gasteiger partial charge < -0.3 is 4.90 Å². The van der Waals surface area contributed by atoms with Crippen LogP contribution in [-0.2, 0) is 0 Å². The Hall–Kier alpha value is -0.930. The number of aliphatic imine (C=N–C) groups is 1. The third-order valence-electron chi connectivity index (χ3n) is 3.77. The Morgan fingerprint density at radius 3 is 2.67 bits per heavy atom. The number of rotatable bonds is 3. The molecule has 0 unspecified atom stereocenters. The summed E-state index contributed by atoms with van der Waals surface area (Å²) in [5, 5.41) is 0. The zero-order chi connectivity index (χ0) is 12.8. The first-order chi connectivity index (χ1) is 8.78. The van der Waals surface area contributed by atoms with Gasteiger partial charge in [-0.25, -0.2) is 0 Å². The number of allylic oxidation sites excluding steroid dienone is 3. The number of likely N-dealkylation sites (N-methyl/N-ethyl adjacent to an activating group) is 1. The summed E-state index contributed by atoms with van der Waals surface area (Å²) in [6, 6.07) is 0. The molecule has 2 rings (SSSR count). The molecule has 2 aliphatic rings. The molecule has 3 heteroatoms. The SMILES string of the molecule is CCC1=CCC=C(CN2CCN(C)CC2)CN=C1. The average Bonchev–Trinajstić information content (AvgIpc) is 2.35. The molecule has 2 heterocycles. The Labute approximate surface area is 111 Å². The lowest BCUT2D eigenvalue weighted by Gasteiger charge is -2.32. The van der Waals surface area contributed by atoms with Crippen LogP contribution in [0.15, 0.2) is 28.3 Å². The summed E-state index contributed by atoms with van der Waals surface area (Å²) in [6.07, 6.45) is 8.87. The summed E-state index contributed by atoms with van der Waals surface area (Å²) in [5.41, 5.74) is 2.84. The summed E-state index contributed by atoms with van der Waals surface area (Å²) in [5.74, 6) is 0. The molecule has 0 spiro atoms. The van der Waals surface area contributed by atoms with Gasteiger partial charge in [0.05, 0.1) is 6.54 Å². The lowest BCUT2D eigenvalue weighted by atomic mass is 10.1. The van der Waals surface area contributed by atoms with Gasteiger partial charge in [0.2, 0.25) is 0 Å². The van der Waals surface area contributed by atoms with Gasteiger partial charge in [0.15, 0.2) is 0 Å². The minimum absolute atomic E-state index is 0.879. The van der Waals surface area contributed by atoms with Crippen molar-refractivity contribution in [2.45, 2.75) is 19.8 Å². The van der Waals surface area contributed by atoms with Crippen LogP contribution < -0.4 is 0 Å². The Balaban J connectivity index is 1.86. The molecule has 1 saturated heterocycles. The molecule has 0 aliphatic carbocycles. The van der Waals surface area contributed by atoms with Crippen LogP contribution in [0.3, 0.4) is 0 Å². The lowest BCUT2D eigenvalue weighted by molar-refractivity contribution is 0.163. The standard InChI is InChI=1S/C15H25N3/c1-3-14-5-4-6-15(12-16-11-14)13-18-9-7-17(2)8-10-18/h5-6,11H,3-4,7-10,12-13H2,1-2H3. The smallest absolute Gasteiger partial charge is 0.0612 e. The van der Waals surface area contributed by atoms with Gasteiger partial charge in [-0.2, -0.15) is 0 Å². The van der Waals surface area contributed by atoms with Crippen molar-refractivity contribution >= 4 is 6.21 Å². The zero-order valence-corrected chi connectivity index (χ0v) is 11.7. The van der Waals surface area contributed by atoms with Crippen LogP contribution in [0, 0.1) is 0 Å². The number of hydrogen-bond donors (Lipinski definition) is 0. The van der Waals surface area contributed by atoms with Crippen LogP contribution in [0.4, 0.5) is 0 Å². The van der Waals surface area contributed by atoms with Crippen LogP contribution in [0.5, 0.6) is 0 Å². The second kappa shape index (κ2) is 6.86. The van der Waals surface area contributed by atoms with Crippen molar-refractivity contribution in [3.05, 3.63) is 23.3 Å². The fraction of sp³-hybridized carbons (Fsp3) is 0.667. The lowest BCUT2D eigenvalue weighted by Crippen LogP contribution is -2.45. The van der Waals surface area contributed by atoms with Crippen molar-refractivity contribution in [2.75, 3.05) is 46.3 Å². The molecule has 0 atom stereocenters. The average molecular weight is 247 g/mol. The van der Waals surface area contributed by atoms with Gasteiger partial charge in [0.1, 0.15) is 0 Å². The third-order valence-corrected chi connectivity index (χ3v) is 3.77. The highest BCUT2D eigenvalue weighted by Gasteiger charge is 2.14. The summed E-state index contributed by atoms with van der Waals surface area (Å²) >= 11 is 0. The highest BCUT2D eigenvalue weighted by atomic mass is 15.2. The van der Waals surface area contributed by atoms with E-state index in [1.54, 1.807) is 0 Å². The quantitative estimate of drug-likeness (QED) is 0.710. The van der Waals surface area contributed by atoms with Crippen LogP contribution in [0.1, 0.15) is 19.8 Å². The normalized spacial score (nSPS) is 23.2. The van der Waals surface area contributed by atoms with Gasteiger partial charge in [-0.3, -0.25) is 9.89 Å². The molecule has 3 nitrogen and oxygen atoms in total. The van der Waals surface area contributed by atoms with E-state index in [9.17, 15) is 0 Å². The van der Waals surface area contributed by atoms with E-state index >= 15 is 0 Å². The minimum Gasteiger partial charge on any atom is -0.304 e. The zero-order valence-electron chi connectivity index (χ0n) is 11.7. The minimum atomic E-state index is 0.879. The molecule has 0 N–H and O–H groups in total. The first-order valence-corrected chi connectivity index (χ1v) is 7.05. The van der Waals surface area contributed by atoms with Gasteiger partial charge in [-0.05, 0) is 31.0 Å². The van der Waals surface area contributed by atoms with Gasteiger partial charge in [-0.1, -0.05) is 19.1 Å². The van der Waals surface area contributed by atoms with E-state index < -0.39 is 0 Å². The van der Waals surface area contributed by atoms with Crippen molar-refractivity contribution in [2.24, 2.45) is 4.99 Å². The number of piperazine rings is 1. The van der Waals surface area contributed by atoms with Crippen molar-refractivity contribution in [1.29, 1.82) is 0 Å². The molecule has 2 aliphatic heterocycles. The molecule has 0 bridgehead atoms. The fourth-order valence-electron chi connectivity index (χ4n) is 2.42. The molecule has 0 saturated carbocycles. The Kier molecular flexibility index (Phi) is 5.14. The molecule has 18 heavy (non-hydrogen) atoms. The van der Waals surface area contributed by atoms with Crippen molar-refractivity contribution < 1.29 is 0 Å². The van der Waals surface area contributed by atoms with Gasteiger partial charge in [0, 0.05) is 38.9 Å². The second-order valence-electron chi connectivity index (χ2n) is 5.28. The second-order valence-corrected chi connectivity index (χ2v) is 5.28. The van der Waals surface area contributed by atoms with Crippen LogP contribution >= 0.6 is 0 Å².